The zero-order chi connectivity index (χ0) is 15.6. The average molecular weight is 330 g/mol. The molecular weight excluding hydrogens is 318 g/mol. The highest BCUT2D eigenvalue weighted by atomic mass is 35.5. The Labute approximate surface area is 126 Å². The van der Waals surface area contributed by atoms with E-state index in [4.69, 9.17) is 16.7 Å². The Morgan fingerprint density at radius 1 is 1.38 bits per heavy atom. The van der Waals surface area contributed by atoms with E-state index in [1.165, 1.54) is 6.92 Å². The number of halogens is 1. The number of carboxylic acid groups (broad SMARTS) is 1. The molecule has 2 aromatic rings. The number of nitrogens with one attached hydrogen (secondary N) is 2. The first-order valence-corrected chi connectivity index (χ1v) is 7.70. The lowest BCUT2D eigenvalue weighted by molar-refractivity contribution is 0.0692. The van der Waals surface area contributed by atoms with Crippen molar-refractivity contribution in [2.45, 2.75) is 18.5 Å². The maximum Gasteiger partial charge on any atom is 0.340 e. The fraction of sp³-hybridized carbons (Fsp3) is 0.167. The van der Waals surface area contributed by atoms with Crippen LogP contribution < -0.4 is 4.72 Å². The predicted molar refractivity (Wildman–Crippen MR) is 75.8 cm³/mol. The van der Waals surface area contributed by atoms with Gasteiger partial charge in [0.2, 0.25) is 5.03 Å². The van der Waals surface area contributed by atoms with E-state index in [0.717, 1.165) is 0 Å². The average Bonchev–Trinajstić information content (AvgIpc) is 2.81. The molecule has 0 radical (unpaired) electrons. The number of benzene rings is 1. The Hall–Kier alpha value is -1.90. The first-order chi connectivity index (χ1) is 9.81. The smallest absolute Gasteiger partial charge is 0.340 e. The third-order valence-corrected chi connectivity index (χ3v) is 4.34. The highest BCUT2D eigenvalue weighted by Crippen LogP contribution is 2.16. The second kappa shape index (κ2) is 5.84. The molecule has 0 bridgehead atoms. The van der Waals surface area contributed by atoms with Gasteiger partial charge in [0, 0.05) is 17.3 Å². The molecule has 0 aliphatic heterocycles. The van der Waals surface area contributed by atoms with Gasteiger partial charge >= 0.3 is 5.97 Å². The number of carboxylic acids is 1. The molecule has 0 aliphatic carbocycles. The van der Waals surface area contributed by atoms with Gasteiger partial charge in [-0.15, -0.1) is 0 Å². The van der Waals surface area contributed by atoms with Crippen molar-refractivity contribution in [1.82, 2.24) is 14.9 Å². The zero-order valence-electron chi connectivity index (χ0n) is 10.9. The third-order valence-electron chi connectivity index (χ3n) is 2.76. The first-order valence-electron chi connectivity index (χ1n) is 5.83. The van der Waals surface area contributed by atoms with Crippen LogP contribution in [0.3, 0.4) is 0 Å². The fourth-order valence-corrected chi connectivity index (χ4v) is 3.00. The molecule has 0 aliphatic rings. The van der Waals surface area contributed by atoms with Crippen molar-refractivity contribution in [2.75, 3.05) is 0 Å². The molecule has 1 aromatic carbocycles. The van der Waals surface area contributed by atoms with Crippen LogP contribution in [0.2, 0.25) is 5.02 Å². The number of hydrogen-bond acceptors (Lipinski definition) is 4. The summed E-state index contributed by atoms with van der Waals surface area (Å²) in [6, 6.07) is 6.59. The van der Waals surface area contributed by atoms with Crippen LogP contribution in [-0.4, -0.2) is 29.7 Å². The van der Waals surface area contributed by atoms with E-state index < -0.39 is 21.0 Å². The second-order valence-electron chi connectivity index (χ2n) is 4.28. The topological polar surface area (TPSA) is 112 Å². The lowest BCUT2D eigenvalue weighted by atomic mass is 10.2. The van der Waals surface area contributed by atoms with Gasteiger partial charge in [-0.2, -0.15) is 5.10 Å². The number of hydrogen-bond donors (Lipinski definition) is 3. The highest BCUT2D eigenvalue weighted by molar-refractivity contribution is 7.89. The van der Waals surface area contributed by atoms with Crippen LogP contribution in [0.15, 0.2) is 29.3 Å². The number of carbonyl (C=O) groups is 1. The molecule has 9 heteroatoms. The molecule has 0 amide bonds. The minimum atomic E-state index is -4.03. The molecule has 0 spiro atoms. The van der Waals surface area contributed by atoms with Crippen molar-refractivity contribution in [3.63, 3.8) is 0 Å². The summed E-state index contributed by atoms with van der Waals surface area (Å²) in [7, 11) is -4.03. The molecule has 0 atom stereocenters. The molecule has 0 saturated heterocycles. The van der Waals surface area contributed by atoms with Gasteiger partial charge in [-0.3, -0.25) is 5.10 Å². The van der Waals surface area contributed by atoms with Crippen LogP contribution in [0.5, 0.6) is 0 Å². The van der Waals surface area contributed by atoms with Crippen LogP contribution in [0.1, 0.15) is 21.6 Å². The van der Waals surface area contributed by atoms with Crippen molar-refractivity contribution in [3.8, 4) is 0 Å². The molecule has 7 nitrogen and oxygen atoms in total. The van der Waals surface area contributed by atoms with E-state index in [1.807, 2.05) is 0 Å². The molecule has 0 saturated carbocycles. The van der Waals surface area contributed by atoms with Gasteiger partial charge in [0.25, 0.3) is 10.0 Å². The number of aromatic nitrogens is 2. The van der Waals surface area contributed by atoms with Crippen molar-refractivity contribution >= 4 is 27.6 Å². The molecule has 1 heterocycles. The summed E-state index contributed by atoms with van der Waals surface area (Å²) in [5.41, 5.74) is 0.500. The Morgan fingerprint density at radius 2 is 2.00 bits per heavy atom. The standard InChI is InChI=1S/C12H12ClN3O4S/c1-7-10(12(17)18)11(16-15-7)21(19,20)14-6-8-2-4-9(13)5-3-8/h2-5,14H,6H2,1H3,(H,15,16)(H,17,18). The van der Waals surface area contributed by atoms with Gasteiger partial charge in [-0.05, 0) is 24.6 Å². The van der Waals surface area contributed by atoms with E-state index in [0.29, 0.717) is 10.6 Å². The Kier molecular flexibility index (Phi) is 4.31. The van der Waals surface area contributed by atoms with E-state index in [9.17, 15) is 13.2 Å². The summed E-state index contributed by atoms with van der Waals surface area (Å²) in [6.45, 7) is 1.44. The van der Waals surface area contributed by atoms with Crippen LogP contribution in [-0.2, 0) is 16.6 Å². The summed E-state index contributed by atoms with van der Waals surface area (Å²) in [4.78, 5) is 11.1. The number of rotatable bonds is 5. The SMILES string of the molecule is Cc1[nH]nc(S(=O)(=O)NCc2ccc(Cl)cc2)c1C(=O)O. The number of aromatic carboxylic acids is 1. The Bertz CT molecular complexity index is 768. The number of aromatic amines is 1. The predicted octanol–water partition coefficient (Wildman–Crippen LogP) is 1.55. The summed E-state index contributed by atoms with van der Waals surface area (Å²) in [6.07, 6.45) is 0. The maximum atomic E-state index is 12.1. The highest BCUT2D eigenvalue weighted by Gasteiger charge is 2.27. The quantitative estimate of drug-likeness (QED) is 0.770. The Morgan fingerprint density at radius 3 is 2.57 bits per heavy atom. The molecule has 0 unspecified atom stereocenters. The van der Waals surface area contributed by atoms with Crippen molar-refractivity contribution in [1.29, 1.82) is 0 Å². The minimum Gasteiger partial charge on any atom is -0.478 e. The van der Waals surface area contributed by atoms with Gasteiger partial charge in [0.15, 0.2) is 0 Å². The van der Waals surface area contributed by atoms with Gasteiger partial charge in [-0.25, -0.2) is 17.9 Å². The van der Waals surface area contributed by atoms with Crippen molar-refractivity contribution in [3.05, 3.63) is 46.1 Å². The zero-order valence-corrected chi connectivity index (χ0v) is 12.5. The molecule has 1 aromatic heterocycles. The molecule has 2 rings (SSSR count). The van der Waals surface area contributed by atoms with Gasteiger partial charge in [-0.1, -0.05) is 23.7 Å². The lowest BCUT2D eigenvalue weighted by Gasteiger charge is -2.05. The number of aryl methyl sites for hydroxylation is 1. The summed E-state index contributed by atoms with van der Waals surface area (Å²) in [5.74, 6) is -1.35. The van der Waals surface area contributed by atoms with Crippen LogP contribution in [0, 0.1) is 6.92 Å². The number of H-pyrrole nitrogens is 1. The van der Waals surface area contributed by atoms with Gasteiger partial charge in [0.1, 0.15) is 5.56 Å². The second-order valence-corrected chi connectivity index (χ2v) is 6.40. The molecule has 0 fully saturated rings. The molecule has 3 N–H and O–H groups in total. The van der Waals surface area contributed by atoms with E-state index in [1.54, 1.807) is 24.3 Å². The monoisotopic (exact) mass is 329 g/mol. The summed E-state index contributed by atoms with van der Waals surface area (Å²) in [5, 5.41) is 15.0. The molecule has 112 valence electrons. The minimum absolute atomic E-state index is 0.00443. The molecular formula is C12H12ClN3O4S. The van der Waals surface area contributed by atoms with E-state index >= 15 is 0 Å². The summed E-state index contributed by atoms with van der Waals surface area (Å²) >= 11 is 5.74. The molecule has 21 heavy (non-hydrogen) atoms. The summed E-state index contributed by atoms with van der Waals surface area (Å²) < 4.78 is 26.6. The van der Waals surface area contributed by atoms with Gasteiger partial charge in [0.05, 0.1) is 0 Å². The van der Waals surface area contributed by atoms with E-state index in [-0.39, 0.29) is 17.8 Å². The van der Waals surface area contributed by atoms with E-state index in [2.05, 4.69) is 14.9 Å². The van der Waals surface area contributed by atoms with Crippen LogP contribution >= 0.6 is 11.6 Å². The normalized spacial score (nSPS) is 11.5. The maximum absolute atomic E-state index is 12.1. The Balaban J connectivity index is 2.23. The van der Waals surface area contributed by atoms with Gasteiger partial charge < -0.3 is 5.11 Å². The largest absolute Gasteiger partial charge is 0.478 e. The van der Waals surface area contributed by atoms with Crippen molar-refractivity contribution in [2.24, 2.45) is 0 Å². The fourth-order valence-electron chi connectivity index (χ4n) is 1.70. The van der Waals surface area contributed by atoms with Crippen molar-refractivity contribution < 1.29 is 18.3 Å². The number of sulfonamides is 1. The third kappa shape index (κ3) is 3.41. The number of nitrogens with zero attached hydrogens (tertiary/aromatic N) is 1. The van der Waals surface area contributed by atoms with Crippen LogP contribution in [0.4, 0.5) is 0 Å². The lowest BCUT2D eigenvalue weighted by Crippen LogP contribution is -2.25. The first kappa shape index (κ1) is 15.5. The van der Waals surface area contributed by atoms with Crippen LogP contribution in [0.25, 0.3) is 0 Å².